The number of nitrogens with zero attached hydrogens (tertiary/aromatic N) is 2. The summed E-state index contributed by atoms with van der Waals surface area (Å²) in [5.74, 6) is 1.39. The molecule has 0 radical (unpaired) electrons. The Morgan fingerprint density at radius 2 is 2.19 bits per heavy atom. The molecule has 1 aromatic carbocycles. The Morgan fingerprint density at radius 3 is 2.84 bits per heavy atom. The molecule has 0 unspecified atom stereocenters. The van der Waals surface area contributed by atoms with Gasteiger partial charge in [0.05, 0.1) is 4.92 Å². The van der Waals surface area contributed by atoms with Crippen LogP contribution in [0.4, 0.5) is 15.9 Å². The number of pyridine rings is 1. The highest BCUT2D eigenvalue weighted by Crippen LogP contribution is 2.32. The summed E-state index contributed by atoms with van der Waals surface area (Å²) < 4.78 is 14.6. The molecule has 1 fully saturated rings. The molecular weight excluding hydrogens is 399 g/mol. The van der Waals surface area contributed by atoms with Gasteiger partial charge in [0, 0.05) is 41.1 Å². The van der Waals surface area contributed by atoms with Crippen molar-refractivity contribution >= 4 is 23.0 Å². The monoisotopic (exact) mass is 418 g/mol. The first-order valence-corrected chi connectivity index (χ1v) is 9.28. The number of nitro groups is 1. The number of amides is 1. The van der Waals surface area contributed by atoms with Crippen LogP contribution in [0, 0.1) is 28.3 Å². The second-order valence-electron chi connectivity index (χ2n) is 6.95. The standard InChI is InChI=1S/C23H19FN4O3/c1-4-15-10-20(24)19(11-21(15)28(30)31)16-9-18(22(25)27-12-16)13(2)5-6-17-14(3)7-8-26-23(17)29/h1,5-6,9-12H,3,7-8H2,2H3,(H2,25,27)(H,26,29)/b13-5+,17-6+. The average Bonchev–Trinajstić information content (AvgIpc) is 2.73. The molecule has 31 heavy (non-hydrogen) atoms. The molecule has 1 aromatic heterocycles. The van der Waals surface area contributed by atoms with Crippen LogP contribution in [0.15, 0.2) is 54.3 Å². The van der Waals surface area contributed by atoms with Gasteiger partial charge in [-0.15, -0.1) is 6.42 Å². The number of hydrogen-bond acceptors (Lipinski definition) is 5. The zero-order chi connectivity index (χ0) is 22.7. The van der Waals surface area contributed by atoms with Crippen molar-refractivity contribution in [1.82, 2.24) is 10.3 Å². The van der Waals surface area contributed by atoms with E-state index in [1.165, 1.54) is 6.20 Å². The minimum atomic E-state index is -0.713. The van der Waals surface area contributed by atoms with Crippen molar-refractivity contribution < 1.29 is 14.1 Å². The number of allylic oxidation sites excluding steroid dienone is 3. The predicted octanol–water partition coefficient (Wildman–Crippen LogP) is 3.77. The number of rotatable bonds is 4. The minimum absolute atomic E-state index is 0.0226. The molecule has 3 rings (SSSR count). The normalized spacial score (nSPS) is 15.5. The van der Waals surface area contributed by atoms with Crippen molar-refractivity contribution in [3.8, 4) is 23.5 Å². The van der Waals surface area contributed by atoms with Gasteiger partial charge in [-0.05, 0) is 42.7 Å². The molecule has 0 saturated carbocycles. The average molecular weight is 418 g/mol. The van der Waals surface area contributed by atoms with Crippen molar-refractivity contribution in [3.63, 3.8) is 0 Å². The molecule has 7 nitrogen and oxygen atoms in total. The lowest BCUT2D eigenvalue weighted by Crippen LogP contribution is -2.31. The van der Waals surface area contributed by atoms with Crippen LogP contribution < -0.4 is 11.1 Å². The number of nitrogens with two attached hydrogens (primary N) is 1. The van der Waals surface area contributed by atoms with Gasteiger partial charge in [0.15, 0.2) is 0 Å². The molecule has 0 atom stereocenters. The van der Waals surface area contributed by atoms with E-state index in [2.05, 4.69) is 22.8 Å². The highest BCUT2D eigenvalue weighted by Gasteiger charge is 2.20. The van der Waals surface area contributed by atoms with E-state index in [1.54, 1.807) is 25.1 Å². The topological polar surface area (TPSA) is 111 Å². The largest absolute Gasteiger partial charge is 0.383 e. The van der Waals surface area contributed by atoms with E-state index in [9.17, 15) is 19.3 Å². The van der Waals surface area contributed by atoms with Crippen LogP contribution in [-0.2, 0) is 4.79 Å². The van der Waals surface area contributed by atoms with E-state index in [1.807, 2.05) is 0 Å². The number of benzene rings is 1. The number of halogens is 1. The number of nitro benzene ring substituents is 1. The zero-order valence-corrected chi connectivity index (χ0v) is 16.7. The highest BCUT2D eigenvalue weighted by atomic mass is 19.1. The van der Waals surface area contributed by atoms with Gasteiger partial charge in [0.2, 0.25) is 0 Å². The SMILES string of the molecule is C#Cc1cc(F)c(-c2cnc(N)c(/C(C)=C/C=C3\C(=C)CCNC3=O)c2)cc1[N+](=O)[O-]. The number of aromatic nitrogens is 1. The summed E-state index contributed by atoms with van der Waals surface area (Å²) in [6.07, 6.45) is 10.6. The lowest BCUT2D eigenvalue weighted by atomic mass is 9.97. The van der Waals surface area contributed by atoms with Crippen LogP contribution in [0.2, 0.25) is 0 Å². The van der Waals surface area contributed by atoms with Crippen molar-refractivity contribution in [3.05, 3.63) is 81.3 Å². The Bertz CT molecular complexity index is 1200. The summed E-state index contributed by atoms with van der Waals surface area (Å²) in [6.45, 7) is 6.22. The summed E-state index contributed by atoms with van der Waals surface area (Å²) in [4.78, 5) is 26.7. The maximum absolute atomic E-state index is 14.6. The summed E-state index contributed by atoms with van der Waals surface area (Å²) in [7, 11) is 0. The summed E-state index contributed by atoms with van der Waals surface area (Å²) in [6, 6.07) is 3.61. The van der Waals surface area contributed by atoms with E-state index >= 15 is 0 Å². The van der Waals surface area contributed by atoms with Crippen molar-refractivity contribution in [1.29, 1.82) is 0 Å². The van der Waals surface area contributed by atoms with Crippen LogP contribution in [-0.4, -0.2) is 22.4 Å². The molecule has 156 valence electrons. The number of carbonyl (C=O) groups excluding carboxylic acids is 1. The molecule has 1 aliphatic rings. The third kappa shape index (κ3) is 4.36. The first-order valence-electron chi connectivity index (χ1n) is 9.28. The maximum Gasteiger partial charge on any atom is 0.285 e. The lowest BCUT2D eigenvalue weighted by molar-refractivity contribution is -0.385. The third-order valence-electron chi connectivity index (χ3n) is 4.93. The Hall–Kier alpha value is -4.25. The molecule has 0 spiro atoms. The van der Waals surface area contributed by atoms with Gasteiger partial charge in [0.25, 0.3) is 11.6 Å². The molecule has 1 aliphatic heterocycles. The first-order chi connectivity index (χ1) is 14.7. The number of anilines is 1. The van der Waals surface area contributed by atoms with Crippen molar-refractivity contribution in [2.75, 3.05) is 12.3 Å². The Morgan fingerprint density at radius 1 is 1.45 bits per heavy atom. The number of piperidine rings is 1. The van der Waals surface area contributed by atoms with Gasteiger partial charge in [-0.1, -0.05) is 18.6 Å². The quantitative estimate of drug-likeness (QED) is 0.340. The second kappa shape index (κ2) is 8.63. The Labute approximate surface area is 178 Å². The van der Waals surface area contributed by atoms with Crippen LogP contribution in [0.1, 0.15) is 24.5 Å². The number of nitrogens with one attached hydrogen (secondary N) is 1. The molecule has 0 bridgehead atoms. The van der Waals surface area contributed by atoms with E-state index < -0.39 is 10.7 Å². The summed E-state index contributed by atoms with van der Waals surface area (Å²) in [5, 5.41) is 14.0. The molecule has 3 N–H and O–H groups in total. The van der Waals surface area contributed by atoms with Crippen LogP contribution >= 0.6 is 0 Å². The van der Waals surface area contributed by atoms with E-state index in [4.69, 9.17) is 12.2 Å². The van der Waals surface area contributed by atoms with Gasteiger partial charge < -0.3 is 11.1 Å². The first kappa shape index (κ1) is 21.5. The van der Waals surface area contributed by atoms with Gasteiger partial charge in [-0.3, -0.25) is 14.9 Å². The molecule has 2 aromatic rings. The van der Waals surface area contributed by atoms with Crippen LogP contribution in [0.25, 0.3) is 16.7 Å². The van der Waals surface area contributed by atoms with E-state index in [0.717, 1.165) is 17.7 Å². The molecule has 8 heteroatoms. The molecule has 1 saturated heterocycles. The van der Waals surface area contributed by atoms with E-state index in [-0.39, 0.29) is 28.5 Å². The van der Waals surface area contributed by atoms with E-state index in [0.29, 0.717) is 35.2 Å². The Kier molecular flexibility index (Phi) is 5.97. The third-order valence-corrected chi connectivity index (χ3v) is 4.93. The van der Waals surface area contributed by atoms with Crippen molar-refractivity contribution in [2.24, 2.45) is 0 Å². The maximum atomic E-state index is 14.6. The smallest absolute Gasteiger partial charge is 0.285 e. The van der Waals surface area contributed by atoms with Gasteiger partial charge in [0.1, 0.15) is 17.2 Å². The molecule has 0 aliphatic carbocycles. The second-order valence-corrected chi connectivity index (χ2v) is 6.95. The molecular formula is C23H19FN4O3. The lowest BCUT2D eigenvalue weighted by Gasteiger charge is -2.17. The fourth-order valence-electron chi connectivity index (χ4n) is 3.20. The fourth-order valence-corrected chi connectivity index (χ4v) is 3.20. The molecule has 1 amide bonds. The highest BCUT2D eigenvalue weighted by molar-refractivity contribution is 5.99. The Balaban J connectivity index is 2.06. The van der Waals surface area contributed by atoms with Gasteiger partial charge >= 0.3 is 0 Å². The summed E-state index contributed by atoms with van der Waals surface area (Å²) >= 11 is 0. The zero-order valence-electron chi connectivity index (χ0n) is 16.7. The van der Waals surface area contributed by atoms with Crippen LogP contribution in [0.3, 0.4) is 0 Å². The number of carbonyl (C=O) groups is 1. The number of nitrogen functional groups attached to an aromatic ring is 1. The van der Waals surface area contributed by atoms with Crippen LogP contribution in [0.5, 0.6) is 0 Å². The molecule has 2 heterocycles. The predicted molar refractivity (Wildman–Crippen MR) is 117 cm³/mol. The van der Waals surface area contributed by atoms with Gasteiger partial charge in [-0.2, -0.15) is 0 Å². The number of hydrogen-bond donors (Lipinski definition) is 2. The number of terminal acetylenes is 1. The summed E-state index contributed by atoms with van der Waals surface area (Å²) in [5.41, 5.74) is 8.12. The fraction of sp³-hybridized carbons (Fsp3) is 0.130. The van der Waals surface area contributed by atoms with Crippen molar-refractivity contribution in [2.45, 2.75) is 13.3 Å². The minimum Gasteiger partial charge on any atom is -0.383 e. The van der Waals surface area contributed by atoms with Gasteiger partial charge in [-0.25, -0.2) is 9.37 Å².